The molecule has 0 aliphatic carbocycles. The highest BCUT2D eigenvalue weighted by Gasteiger charge is 2.33. The number of hydrogen-bond acceptors (Lipinski definition) is 2. The summed E-state index contributed by atoms with van der Waals surface area (Å²) < 4.78 is 1.01. The molecule has 0 radical (unpaired) electrons. The van der Waals surface area contributed by atoms with E-state index in [0.717, 1.165) is 29.3 Å². The summed E-state index contributed by atoms with van der Waals surface area (Å²) in [6, 6.07) is 7.87. The van der Waals surface area contributed by atoms with Gasteiger partial charge in [-0.15, -0.1) is 0 Å². The normalized spacial score (nSPS) is 19.2. The first kappa shape index (κ1) is 17.0. The lowest BCUT2D eigenvalue weighted by atomic mass is 9.95. The van der Waals surface area contributed by atoms with E-state index in [-0.39, 0.29) is 24.3 Å². The summed E-state index contributed by atoms with van der Waals surface area (Å²) in [6.07, 6.45) is 3.22. The van der Waals surface area contributed by atoms with E-state index in [1.54, 1.807) is 4.90 Å². The predicted molar refractivity (Wildman–Crippen MR) is 88.6 cm³/mol. The van der Waals surface area contributed by atoms with Crippen LogP contribution in [0.15, 0.2) is 28.7 Å². The Labute approximate surface area is 139 Å². The van der Waals surface area contributed by atoms with E-state index in [9.17, 15) is 9.59 Å². The van der Waals surface area contributed by atoms with Crippen LogP contribution in [0.3, 0.4) is 0 Å². The Morgan fingerprint density at radius 2 is 2.23 bits per heavy atom. The zero-order chi connectivity index (χ0) is 16.1. The Morgan fingerprint density at radius 3 is 2.86 bits per heavy atom. The fraction of sp³-hybridized carbons (Fsp3) is 0.529. The smallest absolute Gasteiger partial charge is 0.305 e. The minimum absolute atomic E-state index is 0.0546. The molecule has 1 amide bonds. The van der Waals surface area contributed by atoms with Gasteiger partial charge in [-0.25, -0.2) is 0 Å². The number of carboxylic acid groups (broad SMARTS) is 1. The van der Waals surface area contributed by atoms with Crippen LogP contribution in [0.25, 0.3) is 0 Å². The highest BCUT2D eigenvalue weighted by Crippen LogP contribution is 2.25. The third-order valence-electron chi connectivity index (χ3n) is 4.28. The van der Waals surface area contributed by atoms with Crippen LogP contribution in [0.5, 0.6) is 0 Å². The van der Waals surface area contributed by atoms with Crippen LogP contribution in [0, 0.1) is 5.92 Å². The van der Waals surface area contributed by atoms with Crippen molar-refractivity contribution in [1.29, 1.82) is 0 Å². The van der Waals surface area contributed by atoms with Crippen LogP contribution in [-0.4, -0.2) is 34.5 Å². The van der Waals surface area contributed by atoms with Gasteiger partial charge in [-0.05, 0) is 43.4 Å². The molecule has 0 aromatic heterocycles. The second kappa shape index (κ2) is 7.77. The summed E-state index contributed by atoms with van der Waals surface area (Å²) in [5, 5.41) is 8.99. The van der Waals surface area contributed by atoms with Gasteiger partial charge in [-0.2, -0.15) is 0 Å². The van der Waals surface area contributed by atoms with Crippen molar-refractivity contribution in [3.05, 3.63) is 34.3 Å². The first-order chi connectivity index (χ1) is 10.5. The maximum atomic E-state index is 12.8. The molecule has 5 heteroatoms. The molecule has 1 aliphatic heterocycles. The van der Waals surface area contributed by atoms with Gasteiger partial charge in [0.25, 0.3) is 0 Å². The van der Waals surface area contributed by atoms with E-state index in [2.05, 4.69) is 15.9 Å². The van der Waals surface area contributed by atoms with E-state index in [1.165, 1.54) is 0 Å². The standard InChI is InChI=1S/C17H22BrNO3/c1-2-13(9-12-5-3-6-14(18)10-12)17(22)19-8-4-7-15(19)11-16(20)21/h3,5-6,10,13,15H,2,4,7-9,11H2,1H3,(H,20,21). The molecule has 2 atom stereocenters. The Balaban J connectivity index is 2.06. The van der Waals surface area contributed by atoms with Gasteiger partial charge in [-0.1, -0.05) is 35.0 Å². The lowest BCUT2D eigenvalue weighted by molar-refractivity contribution is -0.141. The number of likely N-dealkylation sites (tertiary alicyclic amines) is 1. The Morgan fingerprint density at radius 1 is 1.45 bits per heavy atom. The minimum atomic E-state index is -0.829. The number of hydrogen-bond donors (Lipinski definition) is 1. The number of amides is 1. The largest absolute Gasteiger partial charge is 0.481 e. The van der Waals surface area contributed by atoms with Crippen molar-refractivity contribution in [2.24, 2.45) is 5.92 Å². The number of aliphatic carboxylic acids is 1. The number of nitrogens with zero attached hydrogens (tertiary/aromatic N) is 1. The Hall–Kier alpha value is -1.36. The number of carbonyl (C=O) groups is 2. The molecule has 0 saturated carbocycles. The molecule has 1 aliphatic rings. The lowest BCUT2D eigenvalue weighted by Gasteiger charge is -2.28. The molecule has 1 saturated heterocycles. The first-order valence-electron chi connectivity index (χ1n) is 7.78. The topological polar surface area (TPSA) is 57.6 Å². The monoisotopic (exact) mass is 367 g/mol. The molecule has 2 rings (SSSR count). The third kappa shape index (κ3) is 4.32. The molecule has 1 aromatic rings. The average Bonchev–Trinajstić information content (AvgIpc) is 2.91. The number of carbonyl (C=O) groups excluding carboxylic acids is 1. The molecule has 22 heavy (non-hydrogen) atoms. The van der Waals surface area contributed by atoms with Crippen molar-refractivity contribution in [1.82, 2.24) is 4.90 Å². The third-order valence-corrected chi connectivity index (χ3v) is 4.78. The van der Waals surface area contributed by atoms with E-state index < -0.39 is 5.97 Å². The van der Waals surface area contributed by atoms with Crippen molar-refractivity contribution in [2.75, 3.05) is 6.54 Å². The van der Waals surface area contributed by atoms with E-state index in [4.69, 9.17) is 5.11 Å². The van der Waals surface area contributed by atoms with Crippen molar-refractivity contribution >= 4 is 27.8 Å². The van der Waals surface area contributed by atoms with Crippen LogP contribution in [0.1, 0.15) is 38.2 Å². The first-order valence-corrected chi connectivity index (χ1v) is 8.57. The summed E-state index contributed by atoms with van der Waals surface area (Å²) in [7, 11) is 0. The SMILES string of the molecule is CCC(Cc1cccc(Br)c1)C(=O)N1CCCC1CC(=O)O. The second-order valence-electron chi connectivity index (χ2n) is 5.86. The van der Waals surface area contributed by atoms with Crippen LogP contribution < -0.4 is 0 Å². The molecular formula is C17H22BrNO3. The molecule has 0 bridgehead atoms. The van der Waals surface area contributed by atoms with Crippen LogP contribution in [0.4, 0.5) is 0 Å². The zero-order valence-electron chi connectivity index (χ0n) is 12.8. The van der Waals surface area contributed by atoms with Crippen LogP contribution >= 0.6 is 15.9 Å². The molecule has 2 unspecified atom stereocenters. The molecule has 4 nitrogen and oxygen atoms in total. The van der Waals surface area contributed by atoms with Gasteiger partial charge >= 0.3 is 5.97 Å². The van der Waals surface area contributed by atoms with Crippen LogP contribution in [-0.2, 0) is 16.0 Å². The van der Waals surface area contributed by atoms with Gasteiger partial charge < -0.3 is 10.0 Å². The Bertz CT molecular complexity index is 546. The van der Waals surface area contributed by atoms with E-state index >= 15 is 0 Å². The lowest BCUT2D eigenvalue weighted by Crippen LogP contribution is -2.41. The highest BCUT2D eigenvalue weighted by atomic mass is 79.9. The van der Waals surface area contributed by atoms with E-state index in [1.807, 2.05) is 31.2 Å². The maximum absolute atomic E-state index is 12.8. The minimum Gasteiger partial charge on any atom is -0.481 e. The molecule has 1 heterocycles. The molecule has 1 N–H and O–H groups in total. The van der Waals surface area contributed by atoms with Gasteiger partial charge in [0, 0.05) is 23.0 Å². The quantitative estimate of drug-likeness (QED) is 0.836. The number of carboxylic acids is 1. The predicted octanol–water partition coefficient (Wildman–Crippen LogP) is 3.48. The summed E-state index contributed by atoms with van der Waals surface area (Å²) in [5.41, 5.74) is 1.13. The molecule has 1 aromatic carbocycles. The van der Waals surface area contributed by atoms with Crippen molar-refractivity contribution in [2.45, 2.75) is 45.1 Å². The summed E-state index contributed by atoms with van der Waals surface area (Å²) >= 11 is 3.45. The van der Waals surface area contributed by atoms with Crippen LogP contribution in [0.2, 0.25) is 0 Å². The summed E-state index contributed by atoms with van der Waals surface area (Å²) in [4.78, 5) is 25.5. The molecule has 120 valence electrons. The molecular weight excluding hydrogens is 346 g/mol. The van der Waals surface area contributed by atoms with Crippen molar-refractivity contribution < 1.29 is 14.7 Å². The second-order valence-corrected chi connectivity index (χ2v) is 6.78. The van der Waals surface area contributed by atoms with Crippen molar-refractivity contribution in [3.63, 3.8) is 0 Å². The van der Waals surface area contributed by atoms with E-state index in [0.29, 0.717) is 13.0 Å². The van der Waals surface area contributed by atoms with Gasteiger partial charge in [0.2, 0.25) is 5.91 Å². The maximum Gasteiger partial charge on any atom is 0.305 e. The highest BCUT2D eigenvalue weighted by molar-refractivity contribution is 9.10. The molecule has 0 spiro atoms. The fourth-order valence-electron chi connectivity index (χ4n) is 3.13. The van der Waals surface area contributed by atoms with Gasteiger partial charge in [0.1, 0.15) is 0 Å². The summed E-state index contributed by atoms with van der Waals surface area (Å²) in [6.45, 7) is 2.70. The zero-order valence-corrected chi connectivity index (χ0v) is 14.4. The van der Waals surface area contributed by atoms with Gasteiger partial charge in [-0.3, -0.25) is 9.59 Å². The fourth-order valence-corrected chi connectivity index (χ4v) is 3.58. The van der Waals surface area contributed by atoms with Gasteiger partial charge in [0.15, 0.2) is 0 Å². The number of benzene rings is 1. The molecule has 1 fully saturated rings. The number of rotatable bonds is 6. The number of halogens is 1. The average molecular weight is 368 g/mol. The summed E-state index contributed by atoms with van der Waals surface area (Å²) in [5.74, 6) is -0.806. The van der Waals surface area contributed by atoms with Crippen molar-refractivity contribution in [3.8, 4) is 0 Å². The van der Waals surface area contributed by atoms with Gasteiger partial charge in [0.05, 0.1) is 6.42 Å². The Kier molecular flexibility index (Phi) is 6.00.